The molecule has 210 valence electrons. The van der Waals surface area contributed by atoms with Crippen molar-refractivity contribution in [2.24, 2.45) is 0 Å². The van der Waals surface area contributed by atoms with Crippen molar-refractivity contribution in [3.05, 3.63) is 69.7 Å². The summed E-state index contributed by atoms with van der Waals surface area (Å²) in [7, 11) is -3.79. The van der Waals surface area contributed by atoms with Crippen LogP contribution in [0.5, 0.6) is 0 Å². The number of pyridine rings is 1. The van der Waals surface area contributed by atoms with Gasteiger partial charge in [0.1, 0.15) is 15.8 Å². The molecule has 1 aromatic carbocycles. The van der Waals surface area contributed by atoms with Crippen molar-refractivity contribution < 1.29 is 27.5 Å². The first-order valence-corrected chi connectivity index (χ1v) is 15.5. The molecule has 1 N–H and O–H groups in total. The lowest BCUT2D eigenvalue weighted by molar-refractivity contribution is -0.118. The number of nitrogens with zero attached hydrogens (tertiary/aromatic N) is 3. The average Bonchev–Trinajstić information content (AvgIpc) is 3.37. The predicted molar refractivity (Wildman–Crippen MR) is 152 cm³/mol. The van der Waals surface area contributed by atoms with Gasteiger partial charge < -0.3 is 10.1 Å². The fourth-order valence-corrected chi connectivity index (χ4v) is 7.44. The highest BCUT2D eigenvalue weighted by Crippen LogP contribution is 2.28. The average molecular weight is 603 g/mol. The minimum absolute atomic E-state index is 0.0395. The molecule has 0 aliphatic carbocycles. The summed E-state index contributed by atoms with van der Waals surface area (Å²) < 4.78 is 30.6. The lowest BCUT2D eigenvalue weighted by Crippen LogP contribution is -2.43. The molecule has 1 saturated heterocycles. The maximum Gasteiger partial charge on any atom is 0.266 e. The molecule has 0 saturated carbocycles. The number of ketones is 1. The molecule has 13 heteroatoms. The molecule has 2 aliphatic rings. The molecule has 10 nitrogen and oxygen atoms in total. The van der Waals surface area contributed by atoms with E-state index in [1.807, 2.05) is 12.1 Å². The summed E-state index contributed by atoms with van der Waals surface area (Å²) in [6.45, 7) is 4.91. The van der Waals surface area contributed by atoms with Gasteiger partial charge in [-0.05, 0) is 47.5 Å². The number of anilines is 2. The number of ether oxygens (including phenoxy) is 1. The Morgan fingerprint density at radius 2 is 1.90 bits per heavy atom. The van der Waals surface area contributed by atoms with Crippen LogP contribution in [0.1, 0.15) is 21.5 Å². The topological polar surface area (TPSA) is 126 Å². The van der Waals surface area contributed by atoms with Crippen LogP contribution in [0, 0.1) is 0 Å². The van der Waals surface area contributed by atoms with Gasteiger partial charge in [0.05, 0.1) is 24.0 Å². The molecule has 0 unspecified atom stereocenters. The van der Waals surface area contributed by atoms with Crippen LogP contribution in [0.3, 0.4) is 0 Å². The van der Waals surface area contributed by atoms with E-state index in [4.69, 9.17) is 16.3 Å². The lowest BCUT2D eigenvalue weighted by atomic mass is 9.97. The summed E-state index contributed by atoms with van der Waals surface area (Å²) in [5.41, 5.74) is 2.40. The van der Waals surface area contributed by atoms with E-state index in [0.29, 0.717) is 21.0 Å². The van der Waals surface area contributed by atoms with Crippen LogP contribution in [-0.2, 0) is 37.0 Å². The number of benzene rings is 1. The number of imide groups is 1. The Kier molecular flexibility index (Phi) is 8.62. The second-order valence-electron chi connectivity index (χ2n) is 9.52. The highest BCUT2D eigenvalue weighted by atomic mass is 35.5. The van der Waals surface area contributed by atoms with E-state index >= 15 is 0 Å². The Morgan fingerprint density at radius 3 is 2.60 bits per heavy atom. The van der Waals surface area contributed by atoms with Gasteiger partial charge in [-0.25, -0.2) is 18.3 Å². The van der Waals surface area contributed by atoms with Crippen LogP contribution < -0.4 is 10.2 Å². The smallest absolute Gasteiger partial charge is 0.266 e. The largest absolute Gasteiger partial charge is 0.384 e. The van der Waals surface area contributed by atoms with E-state index in [2.05, 4.69) is 15.2 Å². The number of carbonyl (C=O) groups is 3. The van der Waals surface area contributed by atoms with Crippen LogP contribution in [0.25, 0.3) is 0 Å². The monoisotopic (exact) mass is 602 g/mol. The lowest BCUT2D eigenvalue weighted by Gasteiger charge is -2.27. The standard InChI is InChI=1S/C27H27ClN4O6S2/c28-23-4-6-26(39-23)40(36,37)17-21(33)13-18-1-5-24(30-16-18)32-25(34)15-19-14-20(2-3-22(19)27(32)35)29-7-8-31-9-11-38-12-10-31/h1-6,14,16,29H,7-13,15,17H2. The molecular formula is C27H27ClN4O6S2. The summed E-state index contributed by atoms with van der Waals surface area (Å²) in [4.78, 5) is 46.2. The Balaban J connectivity index is 1.20. The number of Topliss-reactive ketones (excluding diaryl/α,β-unsaturated/α-hetero) is 1. The van der Waals surface area contributed by atoms with Gasteiger partial charge in [0.2, 0.25) is 5.91 Å². The van der Waals surface area contributed by atoms with Gasteiger partial charge in [0.15, 0.2) is 15.6 Å². The minimum atomic E-state index is -3.79. The zero-order chi connectivity index (χ0) is 28.3. The first kappa shape index (κ1) is 28.4. The number of fused-ring (bicyclic) bond motifs is 1. The van der Waals surface area contributed by atoms with Gasteiger partial charge in [-0.1, -0.05) is 17.7 Å². The molecule has 1 fully saturated rings. The van der Waals surface area contributed by atoms with Gasteiger partial charge in [0.25, 0.3) is 5.91 Å². The number of carbonyl (C=O) groups excluding carboxylic acids is 3. The Labute approximate surface area is 240 Å². The number of sulfone groups is 1. The van der Waals surface area contributed by atoms with Gasteiger partial charge in [0, 0.05) is 50.0 Å². The second-order valence-corrected chi connectivity index (χ2v) is 13.5. The van der Waals surface area contributed by atoms with Crippen LogP contribution in [0.4, 0.5) is 11.5 Å². The zero-order valence-corrected chi connectivity index (χ0v) is 23.9. The van der Waals surface area contributed by atoms with E-state index in [1.54, 1.807) is 12.1 Å². The number of nitrogens with one attached hydrogen (secondary N) is 1. The maximum atomic E-state index is 13.2. The summed E-state index contributed by atoms with van der Waals surface area (Å²) in [5.74, 6) is -1.89. The molecule has 2 aromatic heterocycles. The molecule has 3 aromatic rings. The summed E-state index contributed by atoms with van der Waals surface area (Å²) >= 11 is 6.71. The number of amides is 2. The van der Waals surface area contributed by atoms with E-state index < -0.39 is 33.2 Å². The minimum Gasteiger partial charge on any atom is -0.384 e. The fraction of sp³-hybridized carbons (Fsp3) is 0.333. The number of rotatable bonds is 10. The summed E-state index contributed by atoms with van der Waals surface area (Å²) in [6.07, 6.45) is 1.27. The summed E-state index contributed by atoms with van der Waals surface area (Å²) in [6, 6.07) is 11.3. The zero-order valence-electron chi connectivity index (χ0n) is 21.5. The van der Waals surface area contributed by atoms with Crippen molar-refractivity contribution in [3.63, 3.8) is 0 Å². The Bertz CT molecular complexity index is 1530. The highest BCUT2D eigenvalue weighted by molar-refractivity contribution is 7.94. The van der Waals surface area contributed by atoms with E-state index in [0.717, 1.165) is 61.3 Å². The normalized spacial score (nSPS) is 16.2. The van der Waals surface area contributed by atoms with Crippen LogP contribution in [0.15, 0.2) is 52.9 Å². The third kappa shape index (κ3) is 6.58. The van der Waals surface area contributed by atoms with Crippen molar-refractivity contribution in [1.29, 1.82) is 0 Å². The molecule has 5 rings (SSSR count). The Morgan fingerprint density at radius 1 is 1.10 bits per heavy atom. The first-order chi connectivity index (χ1) is 19.2. The van der Waals surface area contributed by atoms with Gasteiger partial charge >= 0.3 is 0 Å². The van der Waals surface area contributed by atoms with Gasteiger partial charge in [-0.15, -0.1) is 11.3 Å². The van der Waals surface area contributed by atoms with E-state index in [9.17, 15) is 22.8 Å². The van der Waals surface area contributed by atoms with Crippen molar-refractivity contribution >= 4 is 61.9 Å². The molecular weight excluding hydrogens is 576 g/mol. The molecule has 0 spiro atoms. The van der Waals surface area contributed by atoms with Crippen LogP contribution in [-0.4, -0.2) is 81.0 Å². The number of hydrogen-bond donors (Lipinski definition) is 1. The predicted octanol–water partition coefficient (Wildman–Crippen LogP) is 2.86. The van der Waals surface area contributed by atoms with Gasteiger partial charge in [-0.2, -0.15) is 0 Å². The van der Waals surface area contributed by atoms with Gasteiger partial charge in [-0.3, -0.25) is 19.3 Å². The third-order valence-corrected chi connectivity index (χ3v) is 10.1. The van der Waals surface area contributed by atoms with E-state index in [1.165, 1.54) is 24.4 Å². The third-order valence-electron chi connectivity index (χ3n) is 6.64. The number of aromatic nitrogens is 1. The van der Waals surface area contributed by atoms with Crippen molar-refractivity contribution in [2.45, 2.75) is 17.1 Å². The molecule has 4 heterocycles. The molecule has 40 heavy (non-hydrogen) atoms. The number of thiophene rings is 1. The van der Waals surface area contributed by atoms with E-state index in [-0.39, 0.29) is 22.9 Å². The van der Waals surface area contributed by atoms with Crippen molar-refractivity contribution in [2.75, 3.05) is 55.4 Å². The van der Waals surface area contributed by atoms with Crippen LogP contribution >= 0.6 is 22.9 Å². The fourth-order valence-electron chi connectivity index (χ4n) is 4.63. The Hall–Kier alpha value is -3.16. The molecule has 2 aliphatic heterocycles. The first-order valence-electron chi connectivity index (χ1n) is 12.7. The second kappa shape index (κ2) is 12.1. The van der Waals surface area contributed by atoms with Crippen molar-refractivity contribution in [1.82, 2.24) is 9.88 Å². The van der Waals surface area contributed by atoms with Crippen LogP contribution in [0.2, 0.25) is 4.34 Å². The molecule has 0 bridgehead atoms. The maximum absolute atomic E-state index is 13.2. The molecule has 2 amide bonds. The highest BCUT2D eigenvalue weighted by Gasteiger charge is 2.33. The SMILES string of the molecule is O=C(Cc1ccc(N2C(=O)Cc3cc(NCCN4CCOCC4)ccc3C2=O)nc1)CS(=O)(=O)c1ccc(Cl)s1. The van der Waals surface area contributed by atoms with Crippen molar-refractivity contribution in [3.8, 4) is 0 Å². The molecule has 0 radical (unpaired) electrons. The molecule has 0 atom stereocenters. The number of halogens is 1. The summed E-state index contributed by atoms with van der Waals surface area (Å²) in [5, 5.41) is 3.36. The number of hydrogen-bond acceptors (Lipinski definition) is 10. The quantitative estimate of drug-likeness (QED) is 0.349. The number of morpholine rings is 1.